The number of hydrogen-bond acceptors (Lipinski definition) is 3. The Labute approximate surface area is 110 Å². The Balaban J connectivity index is 1.69. The number of anilines is 1. The Morgan fingerprint density at radius 1 is 1.33 bits per heavy atom. The molecule has 2 aliphatic rings. The van der Waals surface area contributed by atoms with Crippen LogP contribution in [0.1, 0.15) is 37.7 Å². The second-order valence-corrected chi connectivity index (χ2v) is 5.72. The van der Waals surface area contributed by atoms with Crippen molar-refractivity contribution in [2.45, 2.75) is 51.1 Å². The molecule has 18 heavy (non-hydrogen) atoms. The molecule has 3 heteroatoms. The zero-order valence-corrected chi connectivity index (χ0v) is 11.2. The molecule has 2 fully saturated rings. The van der Waals surface area contributed by atoms with Gasteiger partial charge in [-0.2, -0.15) is 0 Å². The molecule has 3 nitrogen and oxygen atoms in total. The van der Waals surface area contributed by atoms with Crippen LogP contribution < -0.4 is 10.2 Å². The van der Waals surface area contributed by atoms with E-state index in [4.69, 9.17) is 0 Å². The van der Waals surface area contributed by atoms with E-state index in [0.29, 0.717) is 6.04 Å². The van der Waals surface area contributed by atoms with Gasteiger partial charge in [0.1, 0.15) is 5.82 Å². The lowest BCUT2D eigenvalue weighted by Gasteiger charge is -2.37. The Hall–Kier alpha value is -1.09. The number of piperidine rings is 1. The number of nitrogens with one attached hydrogen (secondary N) is 1. The van der Waals surface area contributed by atoms with Crippen LogP contribution in [0.4, 0.5) is 5.82 Å². The van der Waals surface area contributed by atoms with Crippen molar-refractivity contribution >= 4 is 5.82 Å². The van der Waals surface area contributed by atoms with Crippen molar-refractivity contribution in [3.05, 3.63) is 23.9 Å². The third-order valence-electron chi connectivity index (χ3n) is 4.04. The van der Waals surface area contributed by atoms with Crippen LogP contribution in [0.2, 0.25) is 0 Å². The summed E-state index contributed by atoms with van der Waals surface area (Å²) in [6.45, 7) is 4.43. The van der Waals surface area contributed by atoms with Gasteiger partial charge in [-0.15, -0.1) is 0 Å². The monoisotopic (exact) mass is 245 g/mol. The molecule has 1 unspecified atom stereocenters. The Morgan fingerprint density at radius 3 is 3.00 bits per heavy atom. The van der Waals surface area contributed by atoms with E-state index in [1.807, 2.05) is 6.20 Å². The summed E-state index contributed by atoms with van der Waals surface area (Å²) in [5.41, 5.74) is 1.31. The van der Waals surface area contributed by atoms with Crippen molar-refractivity contribution in [3.63, 3.8) is 0 Å². The van der Waals surface area contributed by atoms with Crippen LogP contribution >= 0.6 is 0 Å². The highest BCUT2D eigenvalue weighted by molar-refractivity contribution is 5.42. The van der Waals surface area contributed by atoms with Gasteiger partial charge >= 0.3 is 0 Å². The lowest BCUT2D eigenvalue weighted by Crippen LogP contribution is -2.46. The average molecular weight is 245 g/mol. The van der Waals surface area contributed by atoms with Crippen molar-refractivity contribution in [1.82, 2.24) is 10.3 Å². The first-order valence-electron chi connectivity index (χ1n) is 7.25. The molecule has 3 rings (SSSR count). The minimum atomic E-state index is 0.633. The predicted molar refractivity (Wildman–Crippen MR) is 75.0 cm³/mol. The maximum atomic E-state index is 4.55. The number of aromatic nitrogens is 1. The Kier molecular flexibility index (Phi) is 3.50. The summed E-state index contributed by atoms with van der Waals surface area (Å²) in [6.07, 6.45) is 8.64. The van der Waals surface area contributed by atoms with E-state index in [9.17, 15) is 0 Å². The topological polar surface area (TPSA) is 28.2 Å². The Bertz CT molecular complexity index is 400. The van der Waals surface area contributed by atoms with Crippen LogP contribution in [-0.2, 0) is 0 Å². The summed E-state index contributed by atoms with van der Waals surface area (Å²) in [4.78, 5) is 7.06. The second-order valence-electron chi connectivity index (χ2n) is 5.72. The molecule has 1 atom stereocenters. The molecule has 1 aliphatic heterocycles. The summed E-state index contributed by atoms with van der Waals surface area (Å²) >= 11 is 0. The largest absolute Gasteiger partial charge is 0.352 e. The number of rotatable bonds is 4. The van der Waals surface area contributed by atoms with Gasteiger partial charge in [0.15, 0.2) is 0 Å². The number of hydrogen-bond donors (Lipinski definition) is 1. The molecule has 1 saturated carbocycles. The van der Waals surface area contributed by atoms with E-state index >= 15 is 0 Å². The predicted octanol–water partition coefficient (Wildman–Crippen LogP) is 2.50. The fourth-order valence-electron chi connectivity index (χ4n) is 2.78. The van der Waals surface area contributed by atoms with Crippen molar-refractivity contribution in [2.75, 3.05) is 18.0 Å². The second kappa shape index (κ2) is 5.27. The van der Waals surface area contributed by atoms with Crippen molar-refractivity contribution in [2.24, 2.45) is 0 Å². The molecule has 0 amide bonds. The maximum absolute atomic E-state index is 4.55. The zero-order valence-electron chi connectivity index (χ0n) is 11.2. The smallest absolute Gasteiger partial charge is 0.129 e. The number of aryl methyl sites for hydroxylation is 1. The van der Waals surface area contributed by atoms with Gasteiger partial charge in [-0.1, -0.05) is 0 Å². The van der Waals surface area contributed by atoms with Crippen molar-refractivity contribution in [3.8, 4) is 0 Å². The van der Waals surface area contributed by atoms with Gasteiger partial charge < -0.3 is 10.2 Å². The fourth-order valence-corrected chi connectivity index (χ4v) is 2.78. The summed E-state index contributed by atoms with van der Waals surface area (Å²) in [7, 11) is 0. The van der Waals surface area contributed by atoms with Crippen LogP contribution in [-0.4, -0.2) is 30.2 Å². The molecule has 1 N–H and O–H groups in total. The van der Waals surface area contributed by atoms with Crippen molar-refractivity contribution < 1.29 is 0 Å². The summed E-state index contributed by atoms with van der Waals surface area (Å²) in [5.74, 6) is 1.16. The minimum Gasteiger partial charge on any atom is -0.352 e. The van der Waals surface area contributed by atoms with E-state index in [0.717, 1.165) is 24.9 Å². The lowest BCUT2D eigenvalue weighted by atomic mass is 10.0. The summed E-state index contributed by atoms with van der Waals surface area (Å²) in [5, 5.41) is 3.67. The molecule has 1 aliphatic carbocycles. The highest BCUT2D eigenvalue weighted by Crippen LogP contribution is 2.25. The molecule has 1 aromatic rings. The van der Waals surface area contributed by atoms with E-state index < -0.39 is 0 Å². The van der Waals surface area contributed by atoms with Crippen LogP contribution in [0, 0.1) is 6.92 Å². The van der Waals surface area contributed by atoms with E-state index in [2.05, 4.69) is 34.3 Å². The van der Waals surface area contributed by atoms with Crippen LogP contribution in [0.5, 0.6) is 0 Å². The summed E-state index contributed by atoms with van der Waals surface area (Å²) < 4.78 is 0. The molecule has 2 heterocycles. The fraction of sp³-hybridized carbons (Fsp3) is 0.667. The quantitative estimate of drug-likeness (QED) is 0.883. The first-order chi connectivity index (χ1) is 8.83. The standard InChI is InChI=1S/C15H23N3/c1-12-7-8-16-15(10-12)18-9-3-2-4-14(18)11-17-13-5-6-13/h7-8,10,13-14,17H,2-6,9,11H2,1H3. The van der Waals surface area contributed by atoms with E-state index in [1.54, 1.807) is 0 Å². The van der Waals surface area contributed by atoms with Crippen LogP contribution in [0.3, 0.4) is 0 Å². The Morgan fingerprint density at radius 2 is 2.22 bits per heavy atom. The minimum absolute atomic E-state index is 0.633. The first-order valence-corrected chi connectivity index (χ1v) is 7.25. The van der Waals surface area contributed by atoms with Gasteiger partial charge in [-0.3, -0.25) is 0 Å². The van der Waals surface area contributed by atoms with E-state index in [-0.39, 0.29) is 0 Å². The zero-order chi connectivity index (χ0) is 12.4. The average Bonchev–Trinajstić information content (AvgIpc) is 3.21. The third kappa shape index (κ3) is 2.83. The SMILES string of the molecule is Cc1ccnc(N2CCCCC2CNC2CC2)c1. The van der Waals surface area contributed by atoms with Gasteiger partial charge in [-0.05, 0) is 56.7 Å². The van der Waals surface area contributed by atoms with Gasteiger partial charge in [0, 0.05) is 31.4 Å². The van der Waals surface area contributed by atoms with Crippen LogP contribution in [0.15, 0.2) is 18.3 Å². The number of pyridine rings is 1. The molecule has 0 radical (unpaired) electrons. The molecule has 0 spiro atoms. The molecular weight excluding hydrogens is 222 g/mol. The summed E-state index contributed by atoms with van der Waals surface area (Å²) in [6, 6.07) is 5.73. The molecule has 0 bridgehead atoms. The highest BCUT2D eigenvalue weighted by atomic mass is 15.2. The lowest BCUT2D eigenvalue weighted by molar-refractivity contribution is 0.431. The van der Waals surface area contributed by atoms with Gasteiger partial charge in [0.25, 0.3) is 0 Å². The first kappa shape index (κ1) is 12.0. The highest BCUT2D eigenvalue weighted by Gasteiger charge is 2.27. The maximum Gasteiger partial charge on any atom is 0.129 e. The molecule has 0 aromatic carbocycles. The van der Waals surface area contributed by atoms with Gasteiger partial charge in [0.2, 0.25) is 0 Å². The third-order valence-corrected chi connectivity index (χ3v) is 4.04. The van der Waals surface area contributed by atoms with Gasteiger partial charge in [-0.25, -0.2) is 4.98 Å². The van der Waals surface area contributed by atoms with Crippen molar-refractivity contribution in [1.29, 1.82) is 0 Å². The van der Waals surface area contributed by atoms with Gasteiger partial charge in [0.05, 0.1) is 0 Å². The molecule has 1 saturated heterocycles. The normalized spacial score (nSPS) is 24.3. The number of nitrogens with zero attached hydrogens (tertiary/aromatic N) is 2. The molecule has 98 valence electrons. The van der Waals surface area contributed by atoms with Crippen LogP contribution in [0.25, 0.3) is 0 Å². The molecular formula is C15H23N3. The van der Waals surface area contributed by atoms with E-state index in [1.165, 1.54) is 37.7 Å². The molecule has 1 aromatic heterocycles.